The van der Waals surface area contributed by atoms with Gasteiger partial charge in [0.05, 0.1) is 15.1 Å². The molecule has 0 atom stereocenters. The number of aromatic nitrogens is 1. The molecule has 0 bridgehead atoms. The van der Waals surface area contributed by atoms with Crippen LogP contribution in [-0.2, 0) is 10.0 Å². The molecule has 208 valence electrons. The fourth-order valence-electron chi connectivity index (χ4n) is 5.04. The third kappa shape index (κ3) is 6.74. The number of sulfonamides is 1. The van der Waals surface area contributed by atoms with Gasteiger partial charge in [-0.15, -0.1) is 0 Å². The normalized spacial score (nSPS) is 14.7. The summed E-state index contributed by atoms with van der Waals surface area (Å²) in [6, 6.07) is 10.6. The molecule has 1 aliphatic rings. The number of aryl methyl sites for hydroxylation is 2. The average Bonchev–Trinajstić information content (AvgIpc) is 3.30. The molecule has 1 saturated carbocycles. The summed E-state index contributed by atoms with van der Waals surface area (Å²) in [6.07, 6.45) is 5.88. The van der Waals surface area contributed by atoms with Crippen LogP contribution in [0.15, 0.2) is 41.3 Å². The Hall–Kier alpha value is -2.04. The summed E-state index contributed by atoms with van der Waals surface area (Å²) >= 11 is 1.53. The van der Waals surface area contributed by atoms with Crippen LogP contribution < -0.4 is 17.3 Å². The molecule has 0 radical (unpaired) electrons. The quantitative estimate of drug-likeness (QED) is 0.391. The molecular weight excluding hydrogens is 540 g/mol. The van der Waals surface area contributed by atoms with Crippen molar-refractivity contribution >= 4 is 42.6 Å². The summed E-state index contributed by atoms with van der Waals surface area (Å²) in [5.41, 5.74) is 3.64. The summed E-state index contributed by atoms with van der Waals surface area (Å²) in [5.74, 6) is -0.170. The van der Waals surface area contributed by atoms with Crippen LogP contribution in [0, 0.1) is 13.8 Å². The number of carbonyl (C=O) groups excluding carboxylic acids is 1. The Balaban J connectivity index is 0.00000400. The van der Waals surface area contributed by atoms with Gasteiger partial charge >= 0.3 is 0 Å². The minimum absolute atomic E-state index is 0. The predicted octanol–water partition coefficient (Wildman–Crippen LogP) is 2.47. The SMILES string of the molecule is Cc1cc(C)c2sc(N(CCCN(C)C)C(=O)c3ccc(S(=O)(=O)N(C)C4CCCCC4)cc3)nc2c1.[Cl-]. The van der Waals surface area contributed by atoms with E-state index < -0.39 is 10.0 Å². The fourth-order valence-corrected chi connectivity index (χ4v) is 7.50. The lowest BCUT2D eigenvalue weighted by Crippen LogP contribution is -3.00. The highest BCUT2D eigenvalue weighted by molar-refractivity contribution is 7.89. The number of halogens is 1. The van der Waals surface area contributed by atoms with Crippen molar-refractivity contribution in [3.8, 4) is 0 Å². The first kappa shape index (κ1) is 30.5. The van der Waals surface area contributed by atoms with E-state index in [1.165, 1.54) is 22.1 Å². The molecule has 0 unspecified atom stereocenters. The maximum atomic E-state index is 13.7. The van der Waals surface area contributed by atoms with Gasteiger partial charge in [-0.3, -0.25) is 9.69 Å². The number of nitrogens with zero attached hydrogens (tertiary/aromatic N) is 4. The molecule has 0 spiro atoms. The Labute approximate surface area is 237 Å². The number of hydrogen-bond donors (Lipinski definition) is 0. The van der Waals surface area contributed by atoms with Crippen molar-refractivity contribution < 1.29 is 25.6 Å². The summed E-state index contributed by atoms with van der Waals surface area (Å²) in [4.78, 5) is 22.6. The van der Waals surface area contributed by atoms with Crippen LogP contribution in [0.3, 0.4) is 0 Å². The third-order valence-corrected chi connectivity index (χ3v) is 10.3. The second-order valence-electron chi connectivity index (χ2n) is 10.4. The Kier molecular flexibility index (Phi) is 10.3. The highest BCUT2D eigenvalue weighted by atomic mass is 35.5. The van der Waals surface area contributed by atoms with Crippen molar-refractivity contribution in [1.82, 2.24) is 14.2 Å². The zero-order valence-electron chi connectivity index (χ0n) is 22.9. The van der Waals surface area contributed by atoms with Crippen molar-refractivity contribution in [2.24, 2.45) is 0 Å². The summed E-state index contributed by atoms with van der Waals surface area (Å²) in [5, 5.41) is 0.668. The molecule has 3 aromatic rings. The van der Waals surface area contributed by atoms with Gasteiger partial charge in [-0.2, -0.15) is 4.31 Å². The van der Waals surface area contributed by atoms with E-state index in [0.29, 0.717) is 17.2 Å². The van der Waals surface area contributed by atoms with E-state index in [1.54, 1.807) is 36.2 Å². The van der Waals surface area contributed by atoms with E-state index in [2.05, 4.69) is 17.9 Å². The number of amides is 1. The second kappa shape index (κ2) is 12.9. The van der Waals surface area contributed by atoms with Gasteiger partial charge in [0.15, 0.2) is 5.13 Å². The molecule has 1 heterocycles. The molecule has 0 N–H and O–H groups in total. The first-order valence-corrected chi connectivity index (χ1v) is 15.3. The minimum atomic E-state index is -3.61. The lowest BCUT2D eigenvalue weighted by molar-refractivity contribution is -0.0000180. The van der Waals surface area contributed by atoms with E-state index in [4.69, 9.17) is 4.98 Å². The molecule has 4 rings (SSSR count). The molecule has 1 fully saturated rings. The van der Waals surface area contributed by atoms with Crippen molar-refractivity contribution in [1.29, 1.82) is 0 Å². The molecule has 1 amide bonds. The minimum Gasteiger partial charge on any atom is -1.00 e. The number of fused-ring (bicyclic) bond motifs is 1. The molecule has 38 heavy (non-hydrogen) atoms. The first-order valence-electron chi connectivity index (χ1n) is 13.0. The summed E-state index contributed by atoms with van der Waals surface area (Å²) in [6.45, 7) is 5.49. The van der Waals surface area contributed by atoms with E-state index in [0.717, 1.165) is 60.0 Å². The van der Waals surface area contributed by atoms with Crippen molar-refractivity contribution in [3.05, 3.63) is 53.1 Å². The molecule has 1 aliphatic carbocycles. The van der Waals surface area contributed by atoms with Gasteiger partial charge < -0.3 is 17.3 Å². The first-order chi connectivity index (χ1) is 17.6. The van der Waals surface area contributed by atoms with Crippen LogP contribution in [0.2, 0.25) is 0 Å². The van der Waals surface area contributed by atoms with Crippen LogP contribution in [0.25, 0.3) is 10.2 Å². The molecule has 10 heteroatoms. The lowest BCUT2D eigenvalue weighted by Gasteiger charge is -2.30. The topological polar surface area (TPSA) is 73.8 Å². The average molecular weight is 578 g/mol. The van der Waals surface area contributed by atoms with E-state index in [-0.39, 0.29) is 29.3 Å². The third-order valence-electron chi connectivity index (χ3n) is 7.14. The zero-order chi connectivity index (χ0) is 26.7. The Morgan fingerprint density at radius 3 is 2.29 bits per heavy atom. The van der Waals surface area contributed by atoms with Crippen LogP contribution in [0.5, 0.6) is 0 Å². The zero-order valence-corrected chi connectivity index (χ0v) is 25.3. The van der Waals surface area contributed by atoms with Crippen molar-refractivity contribution in [2.45, 2.75) is 63.3 Å². The number of thiazole rings is 1. The molecule has 0 saturated heterocycles. The maximum Gasteiger partial charge on any atom is 0.260 e. The van der Waals surface area contributed by atoms with Gasteiger partial charge in [-0.05, 0) is 95.2 Å². The lowest BCUT2D eigenvalue weighted by atomic mass is 9.96. The van der Waals surface area contributed by atoms with Crippen LogP contribution in [-0.4, -0.2) is 68.8 Å². The molecule has 0 aliphatic heterocycles. The maximum absolute atomic E-state index is 13.7. The van der Waals surface area contributed by atoms with Gasteiger partial charge in [-0.25, -0.2) is 13.4 Å². The van der Waals surface area contributed by atoms with Gasteiger partial charge in [0.2, 0.25) is 10.0 Å². The monoisotopic (exact) mass is 577 g/mol. The van der Waals surface area contributed by atoms with Crippen molar-refractivity contribution in [2.75, 3.05) is 39.1 Å². The Morgan fingerprint density at radius 2 is 1.66 bits per heavy atom. The standard InChI is InChI=1S/C28H38N4O3S2.ClH/c1-20-18-21(2)26-25(19-20)29-28(36-26)32(17-9-16-30(3)4)27(33)22-12-14-24(15-13-22)37(34,35)31(5)23-10-7-6-8-11-23;/h12-15,18-19,23H,6-11,16-17H2,1-5H3;1H/p-1. The van der Waals surface area contributed by atoms with Crippen LogP contribution in [0.4, 0.5) is 5.13 Å². The number of rotatable bonds is 9. The molecule has 1 aromatic heterocycles. The molecule has 7 nitrogen and oxygen atoms in total. The van der Waals surface area contributed by atoms with Gasteiger partial charge in [-0.1, -0.05) is 36.7 Å². The smallest absolute Gasteiger partial charge is 0.260 e. The van der Waals surface area contributed by atoms with E-state index in [1.807, 2.05) is 27.1 Å². The van der Waals surface area contributed by atoms with Crippen LogP contribution in [0.1, 0.15) is 60.0 Å². The molecular formula is C28H38ClN4O3S2-. The van der Waals surface area contributed by atoms with Gasteiger partial charge in [0.1, 0.15) is 0 Å². The fraction of sp³-hybridized carbons (Fsp3) is 0.500. The Morgan fingerprint density at radius 1 is 1.00 bits per heavy atom. The summed E-state index contributed by atoms with van der Waals surface area (Å²) < 4.78 is 29.1. The van der Waals surface area contributed by atoms with E-state index in [9.17, 15) is 13.2 Å². The Bertz CT molecular complexity index is 1350. The number of anilines is 1. The van der Waals surface area contributed by atoms with Gasteiger partial charge in [0.25, 0.3) is 5.91 Å². The van der Waals surface area contributed by atoms with Gasteiger partial charge in [0, 0.05) is 25.2 Å². The largest absolute Gasteiger partial charge is 1.00 e. The predicted molar refractivity (Wildman–Crippen MR) is 152 cm³/mol. The van der Waals surface area contributed by atoms with Crippen molar-refractivity contribution in [3.63, 3.8) is 0 Å². The number of carbonyl (C=O) groups is 1. The van der Waals surface area contributed by atoms with Crippen LogP contribution >= 0.6 is 11.3 Å². The highest BCUT2D eigenvalue weighted by Gasteiger charge is 2.29. The van der Waals surface area contributed by atoms with E-state index >= 15 is 0 Å². The second-order valence-corrected chi connectivity index (χ2v) is 13.4. The summed E-state index contributed by atoms with van der Waals surface area (Å²) in [7, 11) is 2.09. The number of hydrogen-bond acceptors (Lipinski definition) is 6. The number of benzene rings is 2. The molecule has 2 aromatic carbocycles. The highest BCUT2D eigenvalue weighted by Crippen LogP contribution is 2.33.